The van der Waals surface area contributed by atoms with Crippen LogP contribution in [0.25, 0.3) is 0 Å². The number of carbonyl (C=O) groups is 4. The van der Waals surface area contributed by atoms with Crippen molar-refractivity contribution in [2.75, 3.05) is 18.5 Å². The van der Waals surface area contributed by atoms with Gasteiger partial charge >= 0.3 is 12.0 Å². The third-order valence-corrected chi connectivity index (χ3v) is 6.23. The number of amides is 4. The average molecular weight is 464 g/mol. The van der Waals surface area contributed by atoms with Crippen molar-refractivity contribution < 1.29 is 23.9 Å². The first-order valence-corrected chi connectivity index (χ1v) is 10.9. The molecule has 1 aromatic heterocycles. The maximum absolute atomic E-state index is 12.8. The first-order chi connectivity index (χ1) is 14.7. The van der Waals surface area contributed by atoms with Gasteiger partial charge in [-0.25, -0.2) is 9.59 Å². The standard InChI is InChI=1S/C21H22ClN3O5S/c1-3-4-11-30-18(27)13-5-7-14(8-6-13)23-17(26)12-25-19(28)21(2,24-20(25)29)15-9-10-16(22)31-15/h5-10H,3-4,11-12H2,1-2H3,(H,23,26)(H,24,29). The fraction of sp³-hybridized carbons (Fsp3) is 0.333. The molecule has 10 heteroatoms. The SMILES string of the molecule is CCCCOC(=O)c1ccc(NC(=O)CN2C(=O)NC(C)(c3ccc(Cl)s3)C2=O)cc1. The fourth-order valence-electron chi connectivity index (χ4n) is 3.02. The molecule has 0 radical (unpaired) electrons. The summed E-state index contributed by atoms with van der Waals surface area (Å²) in [5.41, 5.74) is -0.474. The van der Waals surface area contributed by atoms with Gasteiger partial charge < -0.3 is 15.4 Å². The number of benzene rings is 1. The van der Waals surface area contributed by atoms with Gasteiger partial charge in [-0.2, -0.15) is 0 Å². The number of thiophene rings is 1. The van der Waals surface area contributed by atoms with Gasteiger partial charge in [-0.3, -0.25) is 14.5 Å². The summed E-state index contributed by atoms with van der Waals surface area (Å²) in [7, 11) is 0. The number of hydrogen-bond donors (Lipinski definition) is 2. The summed E-state index contributed by atoms with van der Waals surface area (Å²) in [6.07, 6.45) is 1.72. The van der Waals surface area contributed by atoms with E-state index in [2.05, 4.69) is 10.6 Å². The number of nitrogens with one attached hydrogen (secondary N) is 2. The highest BCUT2D eigenvalue weighted by molar-refractivity contribution is 7.16. The molecule has 1 atom stereocenters. The first kappa shape index (κ1) is 22.8. The van der Waals surface area contributed by atoms with Gasteiger partial charge in [0, 0.05) is 10.6 Å². The molecular weight excluding hydrogens is 442 g/mol. The topological polar surface area (TPSA) is 105 Å². The van der Waals surface area contributed by atoms with E-state index >= 15 is 0 Å². The highest BCUT2D eigenvalue weighted by atomic mass is 35.5. The largest absolute Gasteiger partial charge is 0.462 e. The van der Waals surface area contributed by atoms with Gasteiger partial charge in [0.05, 0.1) is 16.5 Å². The van der Waals surface area contributed by atoms with Crippen molar-refractivity contribution in [2.24, 2.45) is 0 Å². The van der Waals surface area contributed by atoms with Crippen LogP contribution in [0.3, 0.4) is 0 Å². The predicted molar refractivity (Wildman–Crippen MR) is 117 cm³/mol. The number of carbonyl (C=O) groups excluding carboxylic acids is 4. The molecule has 1 aromatic carbocycles. The maximum Gasteiger partial charge on any atom is 0.338 e. The number of nitrogens with zero attached hydrogens (tertiary/aromatic N) is 1. The Morgan fingerprint density at radius 2 is 1.90 bits per heavy atom. The molecule has 8 nitrogen and oxygen atoms in total. The summed E-state index contributed by atoms with van der Waals surface area (Å²) in [4.78, 5) is 51.0. The number of hydrogen-bond acceptors (Lipinski definition) is 6. The van der Waals surface area contributed by atoms with Crippen molar-refractivity contribution in [3.63, 3.8) is 0 Å². The van der Waals surface area contributed by atoms with Gasteiger partial charge in [-0.05, 0) is 49.7 Å². The number of esters is 1. The highest BCUT2D eigenvalue weighted by Gasteiger charge is 2.50. The lowest BCUT2D eigenvalue weighted by molar-refractivity contribution is -0.133. The zero-order chi connectivity index (χ0) is 22.6. The van der Waals surface area contributed by atoms with Crippen molar-refractivity contribution >= 4 is 52.4 Å². The monoisotopic (exact) mass is 463 g/mol. The first-order valence-electron chi connectivity index (χ1n) is 9.71. The summed E-state index contributed by atoms with van der Waals surface area (Å²) in [6.45, 7) is 3.49. The van der Waals surface area contributed by atoms with Crippen LogP contribution in [0.15, 0.2) is 36.4 Å². The number of anilines is 1. The summed E-state index contributed by atoms with van der Waals surface area (Å²) < 4.78 is 5.63. The Bertz CT molecular complexity index is 1010. The number of halogens is 1. The number of rotatable bonds is 8. The average Bonchev–Trinajstić information content (AvgIpc) is 3.26. The van der Waals surface area contributed by atoms with E-state index < -0.39 is 35.9 Å². The van der Waals surface area contributed by atoms with Gasteiger partial charge in [-0.1, -0.05) is 24.9 Å². The van der Waals surface area contributed by atoms with Gasteiger partial charge in [0.15, 0.2) is 5.54 Å². The van der Waals surface area contributed by atoms with Crippen LogP contribution in [-0.2, 0) is 19.9 Å². The predicted octanol–water partition coefficient (Wildman–Crippen LogP) is 3.76. The third-order valence-electron chi connectivity index (χ3n) is 4.78. The summed E-state index contributed by atoms with van der Waals surface area (Å²) >= 11 is 7.13. The quantitative estimate of drug-likeness (QED) is 0.352. The van der Waals surface area contributed by atoms with E-state index in [1.54, 1.807) is 31.2 Å². The molecule has 2 aromatic rings. The molecule has 3 rings (SSSR count). The second-order valence-corrected chi connectivity index (χ2v) is 8.88. The van der Waals surface area contributed by atoms with Crippen LogP contribution in [0.4, 0.5) is 10.5 Å². The van der Waals surface area contributed by atoms with Crippen LogP contribution in [0.5, 0.6) is 0 Å². The molecule has 1 aliphatic heterocycles. The highest BCUT2D eigenvalue weighted by Crippen LogP contribution is 2.35. The van der Waals surface area contributed by atoms with E-state index in [4.69, 9.17) is 16.3 Å². The second kappa shape index (κ2) is 9.49. The smallest absolute Gasteiger partial charge is 0.338 e. The van der Waals surface area contributed by atoms with Crippen LogP contribution in [0, 0.1) is 0 Å². The van der Waals surface area contributed by atoms with E-state index in [0.29, 0.717) is 27.1 Å². The van der Waals surface area contributed by atoms with Gasteiger partial charge in [-0.15, -0.1) is 11.3 Å². The summed E-state index contributed by atoms with van der Waals surface area (Å²) in [6, 6.07) is 8.84. The lowest BCUT2D eigenvalue weighted by atomic mass is 10.0. The van der Waals surface area contributed by atoms with E-state index in [1.165, 1.54) is 23.5 Å². The molecule has 0 bridgehead atoms. The Hall–Kier alpha value is -2.91. The fourth-order valence-corrected chi connectivity index (χ4v) is 4.15. The Morgan fingerprint density at radius 1 is 1.19 bits per heavy atom. The van der Waals surface area contributed by atoms with Crippen LogP contribution >= 0.6 is 22.9 Å². The van der Waals surface area contributed by atoms with E-state index in [0.717, 1.165) is 17.7 Å². The Balaban J connectivity index is 1.60. The van der Waals surface area contributed by atoms with E-state index in [1.807, 2.05) is 6.92 Å². The van der Waals surface area contributed by atoms with Crippen LogP contribution in [0.2, 0.25) is 4.34 Å². The van der Waals surface area contributed by atoms with Crippen molar-refractivity contribution in [1.29, 1.82) is 0 Å². The molecule has 1 aliphatic rings. The molecular formula is C21H22ClN3O5S. The van der Waals surface area contributed by atoms with Crippen LogP contribution < -0.4 is 10.6 Å². The zero-order valence-electron chi connectivity index (χ0n) is 17.1. The van der Waals surface area contributed by atoms with Crippen molar-refractivity contribution in [1.82, 2.24) is 10.2 Å². The molecule has 0 spiro atoms. The minimum atomic E-state index is -1.27. The third kappa shape index (κ3) is 5.05. The molecule has 1 fully saturated rings. The minimum Gasteiger partial charge on any atom is -0.462 e. The number of ether oxygens (including phenoxy) is 1. The van der Waals surface area contributed by atoms with Gasteiger partial charge in [0.2, 0.25) is 5.91 Å². The molecule has 1 unspecified atom stereocenters. The Labute approximate surface area is 188 Å². The molecule has 31 heavy (non-hydrogen) atoms. The number of imide groups is 1. The number of urea groups is 1. The van der Waals surface area contributed by atoms with Crippen LogP contribution in [-0.4, -0.2) is 41.9 Å². The molecule has 0 saturated carbocycles. The molecule has 1 saturated heterocycles. The lowest BCUT2D eigenvalue weighted by Crippen LogP contribution is -2.41. The number of unbranched alkanes of at least 4 members (excludes halogenated alkanes) is 1. The zero-order valence-corrected chi connectivity index (χ0v) is 18.6. The molecule has 0 aliphatic carbocycles. The lowest BCUT2D eigenvalue weighted by Gasteiger charge is -2.20. The molecule has 2 heterocycles. The van der Waals surface area contributed by atoms with Crippen LogP contribution in [0.1, 0.15) is 41.9 Å². The minimum absolute atomic E-state index is 0.357. The van der Waals surface area contributed by atoms with E-state index in [-0.39, 0.29) is 0 Å². The summed E-state index contributed by atoms with van der Waals surface area (Å²) in [5, 5.41) is 5.24. The van der Waals surface area contributed by atoms with Crippen molar-refractivity contribution in [3.05, 3.63) is 51.2 Å². The maximum atomic E-state index is 12.8. The molecule has 2 N–H and O–H groups in total. The van der Waals surface area contributed by atoms with Gasteiger partial charge in [0.25, 0.3) is 5.91 Å². The molecule has 164 valence electrons. The Kier molecular flexibility index (Phi) is 6.97. The summed E-state index contributed by atoms with van der Waals surface area (Å²) in [5.74, 6) is -1.51. The van der Waals surface area contributed by atoms with E-state index in [9.17, 15) is 19.2 Å². The second-order valence-electron chi connectivity index (χ2n) is 7.17. The normalized spacial score (nSPS) is 18.1. The van der Waals surface area contributed by atoms with Crippen molar-refractivity contribution in [2.45, 2.75) is 32.2 Å². The van der Waals surface area contributed by atoms with Crippen molar-refractivity contribution in [3.8, 4) is 0 Å². The van der Waals surface area contributed by atoms with Gasteiger partial charge in [0.1, 0.15) is 6.54 Å². The molecule has 4 amide bonds. The Morgan fingerprint density at radius 3 is 2.52 bits per heavy atom.